The van der Waals surface area contributed by atoms with Crippen LogP contribution in [0.5, 0.6) is 11.5 Å². The fourth-order valence-electron chi connectivity index (χ4n) is 3.78. The first kappa shape index (κ1) is 22.7. The molecule has 164 valence electrons. The van der Waals surface area contributed by atoms with E-state index in [0.717, 1.165) is 0 Å². The molecule has 7 heteroatoms. The average molecular weight is 444 g/mol. The summed E-state index contributed by atoms with van der Waals surface area (Å²) in [5, 5.41) is 3.57. The summed E-state index contributed by atoms with van der Waals surface area (Å²) in [4.78, 5) is 25.5. The highest BCUT2D eigenvalue weighted by molar-refractivity contribution is 6.30. The van der Waals surface area contributed by atoms with Crippen LogP contribution in [0.1, 0.15) is 35.2 Å². The SMILES string of the molecule is CCOC(=O)[C@H](c1cc(OC)ccc1OC)[C@@H]1C=C[C@H](NC(=O)c2ccc(Cl)cc2)C1. The predicted octanol–water partition coefficient (Wildman–Crippen LogP) is 4.38. The van der Waals surface area contributed by atoms with Crippen molar-refractivity contribution in [2.75, 3.05) is 20.8 Å². The highest BCUT2D eigenvalue weighted by Gasteiger charge is 2.36. The first-order valence-electron chi connectivity index (χ1n) is 10.1. The van der Waals surface area contributed by atoms with Crippen molar-refractivity contribution in [3.8, 4) is 11.5 Å². The molecule has 1 amide bonds. The van der Waals surface area contributed by atoms with Gasteiger partial charge < -0.3 is 19.5 Å². The third-order valence-corrected chi connectivity index (χ3v) is 5.53. The zero-order valence-electron chi connectivity index (χ0n) is 17.8. The van der Waals surface area contributed by atoms with E-state index < -0.39 is 5.92 Å². The summed E-state index contributed by atoms with van der Waals surface area (Å²) in [6.07, 6.45) is 4.42. The number of hydrogen-bond acceptors (Lipinski definition) is 5. The molecule has 31 heavy (non-hydrogen) atoms. The number of allylic oxidation sites excluding steroid dienone is 1. The van der Waals surface area contributed by atoms with E-state index in [1.54, 1.807) is 63.6 Å². The smallest absolute Gasteiger partial charge is 0.314 e. The number of esters is 1. The van der Waals surface area contributed by atoms with E-state index in [0.29, 0.717) is 34.1 Å². The summed E-state index contributed by atoms with van der Waals surface area (Å²) < 4.78 is 16.2. The van der Waals surface area contributed by atoms with Gasteiger partial charge in [-0.15, -0.1) is 0 Å². The predicted molar refractivity (Wildman–Crippen MR) is 119 cm³/mol. The van der Waals surface area contributed by atoms with Gasteiger partial charge in [0.2, 0.25) is 0 Å². The number of ether oxygens (including phenoxy) is 3. The lowest BCUT2D eigenvalue weighted by molar-refractivity contribution is -0.146. The van der Waals surface area contributed by atoms with Crippen molar-refractivity contribution in [2.45, 2.75) is 25.3 Å². The molecule has 0 saturated heterocycles. The maximum Gasteiger partial charge on any atom is 0.314 e. The van der Waals surface area contributed by atoms with Crippen LogP contribution < -0.4 is 14.8 Å². The van der Waals surface area contributed by atoms with Gasteiger partial charge in [-0.3, -0.25) is 9.59 Å². The lowest BCUT2D eigenvalue weighted by Crippen LogP contribution is -2.33. The van der Waals surface area contributed by atoms with Crippen LogP contribution in [0.15, 0.2) is 54.6 Å². The molecule has 0 heterocycles. The Bertz CT molecular complexity index is 957. The Labute approximate surface area is 187 Å². The lowest BCUT2D eigenvalue weighted by Gasteiger charge is -2.24. The van der Waals surface area contributed by atoms with Crippen molar-refractivity contribution in [2.24, 2.45) is 5.92 Å². The summed E-state index contributed by atoms with van der Waals surface area (Å²) in [7, 11) is 3.13. The van der Waals surface area contributed by atoms with Gasteiger partial charge in [0, 0.05) is 22.2 Å². The van der Waals surface area contributed by atoms with Gasteiger partial charge >= 0.3 is 5.97 Å². The minimum absolute atomic E-state index is 0.171. The van der Waals surface area contributed by atoms with Crippen LogP contribution in [0.25, 0.3) is 0 Å². The normalized spacial score (nSPS) is 18.3. The summed E-state index contributed by atoms with van der Waals surface area (Å²) >= 11 is 5.89. The third-order valence-electron chi connectivity index (χ3n) is 5.28. The van der Waals surface area contributed by atoms with Gasteiger partial charge in [-0.05, 0) is 61.7 Å². The Morgan fingerprint density at radius 1 is 1.10 bits per heavy atom. The zero-order chi connectivity index (χ0) is 22.4. The molecule has 0 fully saturated rings. The Balaban J connectivity index is 1.81. The van der Waals surface area contributed by atoms with Crippen LogP contribution in [0.4, 0.5) is 0 Å². The molecule has 2 aromatic rings. The minimum Gasteiger partial charge on any atom is -0.497 e. The number of carbonyl (C=O) groups excluding carboxylic acids is 2. The molecule has 2 aromatic carbocycles. The first-order chi connectivity index (χ1) is 15.0. The fourth-order valence-corrected chi connectivity index (χ4v) is 3.91. The molecule has 1 aliphatic carbocycles. The number of benzene rings is 2. The van der Waals surface area contributed by atoms with E-state index in [4.69, 9.17) is 25.8 Å². The van der Waals surface area contributed by atoms with Gasteiger partial charge in [-0.25, -0.2) is 0 Å². The van der Waals surface area contributed by atoms with Gasteiger partial charge in [-0.1, -0.05) is 23.8 Å². The Kier molecular flexibility index (Phi) is 7.58. The minimum atomic E-state index is -0.585. The maximum absolute atomic E-state index is 12.9. The fraction of sp³-hybridized carbons (Fsp3) is 0.333. The molecule has 1 N–H and O–H groups in total. The highest BCUT2D eigenvalue weighted by Crippen LogP contribution is 2.40. The summed E-state index contributed by atoms with van der Waals surface area (Å²) in [5.41, 5.74) is 1.22. The first-order valence-corrected chi connectivity index (χ1v) is 10.5. The molecule has 6 nitrogen and oxygen atoms in total. The third kappa shape index (κ3) is 5.39. The van der Waals surface area contributed by atoms with Crippen molar-refractivity contribution in [1.29, 1.82) is 0 Å². The molecule has 1 aliphatic rings. The van der Waals surface area contributed by atoms with Crippen LogP contribution in [-0.2, 0) is 9.53 Å². The van der Waals surface area contributed by atoms with Gasteiger partial charge in [0.05, 0.1) is 26.7 Å². The highest BCUT2D eigenvalue weighted by atomic mass is 35.5. The van der Waals surface area contributed by atoms with Crippen molar-refractivity contribution in [3.63, 3.8) is 0 Å². The van der Waals surface area contributed by atoms with E-state index in [9.17, 15) is 9.59 Å². The molecular formula is C24H26ClNO5. The van der Waals surface area contributed by atoms with E-state index >= 15 is 0 Å². The average Bonchev–Trinajstić information content (AvgIpc) is 3.22. The Hall–Kier alpha value is -2.99. The molecule has 0 aromatic heterocycles. The van der Waals surface area contributed by atoms with E-state index in [-0.39, 0.29) is 30.4 Å². The Morgan fingerprint density at radius 3 is 2.48 bits per heavy atom. The second-order valence-corrected chi connectivity index (χ2v) is 7.65. The van der Waals surface area contributed by atoms with Crippen LogP contribution in [-0.4, -0.2) is 38.7 Å². The number of hydrogen-bond donors (Lipinski definition) is 1. The van der Waals surface area contributed by atoms with Crippen molar-refractivity contribution < 1.29 is 23.8 Å². The largest absolute Gasteiger partial charge is 0.497 e. The van der Waals surface area contributed by atoms with Crippen LogP contribution in [0.2, 0.25) is 5.02 Å². The molecule has 0 unspecified atom stereocenters. The molecule has 3 atom stereocenters. The molecular weight excluding hydrogens is 418 g/mol. The Morgan fingerprint density at radius 2 is 1.84 bits per heavy atom. The molecule has 0 bridgehead atoms. The number of rotatable bonds is 8. The molecule has 0 saturated carbocycles. The second-order valence-electron chi connectivity index (χ2n) is 7.21. The van der Waals surface area contributed by atoms with E-state index in [1.165, 1.54) is 0 Å². The molecule has 0 aliphatic heterocycles. The molecule has 0 spiro atoms. The van der Waals surface area contributed by atoms with Gasteiger partial charge in [0.1, 0.15) is 11.5 Å². The zero-order valence-corrected chi connectivity index (χ0v) is 18.5. The van der Waals surface area contributed by atoms with Gasteiger partial charge in [0.25, 0.3) is 5.91 Å². The van der Waals surface area contributed by atoms with E-state index in [2.05, 4.69) is 5.32 Å². The summed E-state index contributed by atoms with van der Waals surface area (Å²) in [5.74, 6) is -0.0816. The summed E-state index contributed by atoms with van der Waals surface area (Å²) in [6, 6.07) is 11.9. The van der Waals surface area contributed by atoms with Gasteiger partial charge in [-0.2, -0.15) is 0 Å². The summed E-state index contributed by atoms with van der Waals surface area (Å²) in [6.45, 7) is 2.05. The number of carbonyl (C=O) groups is 2. The molecule has 0 radical (unpaired) electrons. The standard InChI is InChI=1S/C24H26ClNO5/c1-4-31-24(28)22(20-14-19(29-2)11-12-21(20)30-3)16-7-10-18(13-16)26-23(27)15-5-8-17(25)9-6-15/h5-12,14,16,18,22H,4,13H2,1-3H3,(H,26,27)/t16-,18+,22+/m1/s1. The van der Waals surface area contributed by atoms with E-state index in [1.807, 2.05) is 12.2 Å². The van der Waals surface area contributed by atoms with Gasteiger partial charge in [0.15, 0.2) is 0 Å². The quantitative estimate of drug-likeness (QED) is 0.484. The van der Waals surface area contributed by atoms with Crippen molar-refractivity contribution in [3.05, 3.63) is 70.8 Å². The van der Waals surface area contributed by atoms with Crippen LogP contribution in [0.3, 0.4) is 0 Å². The van der Waals surface area contributed by atoms with Crippen LogP contribution in [0, 0.1) is 5.92 Å². The number of amides is 1. The number of methoxy groups -OCH3 is 2. The van der Waals surface area contributed by atoms with Crippen molar-refractivity contribution >= 4 is 23.5 Å². The van der Waals surface area contributed by atoms with Crippen LogP contribution >= 0.6 is 11.6 Å². The molecule has 3 rings (SSSR count). The topological polar surface area (TPSA) is 73.9 Å². The second kappa shape index (κ2) is 10.4. The lowest BCUT2D eigenvalue weighted by atomic mass is 9.84. The monoisotopic (exact) mass is 443 g/mol. The number of nitrogens with one attached hydrogen (secondary N) is 1. The van der Waals surface area contributed by atoms with Crippen molar-refractivity contribution in [1.82, 2.24) is 5.32 Å². The maximum atomic E-state index is 12.9. The number of halogens is 1.